The molecule has 2 aliphatic heterocycles. The maximum absolute atomic E-state index is 12.3. The molecule has 0 fully saturated rings. The van der Waals surface area contributed by atoms with Crippen molar-refractivity contribution in [1.29, 1.82) is 0 Å². The van der Waals surface area contributed by atoms with Crippen LogP contribution in [-0.4, -0.2) is 24.3 Å². The highest BCUT2D eigenvalue weighted by atomic mass is 16.7. The van der Waals surface area contributed by atoms with E-state index in [9.17, 15) is 9.59 Å². The number of carbonyl (C=O) groups excluding carboxylic acids is 1. The molecular formula is C14H11NO5. The number of carbonyl (C=O) groups is 1. The molecule has 1 aromatic carbocycles. The molecule has 0 saturated carbocycles. The fourth-order valence-corrected chi connectivity index (χ4v) is 2.71. The van der Waals surface area contributed by atoms with Gasteiger partial charge in [0.2, 0.25) is 12.5 Å². The van der Waals surface area contributed by atoms with Crippen molar-refractivity contribution >= 4 is 17.2 Å². The Morgan fingerprint density at radius 2 is 2.15 bits per heavy atom. The number of nitrogens with zero attached hydrogens (tertiary/aromatic N) is 1. The molecule has 3 heterocycles. The first-order valence-electron chi connectivity index (χ1n) is 6.30. The van der Waals surface area contributed by atoms with Crippen LogP contribution in [0.4, 0.5) is 0 Å². The minimum Gasteiger partial charge on any atom is -0.485 e. The van der Waals surface area contributed by atoms with Crippen LogP contribution in [-0.2, 0) is 0 Å². The highest BCUT2D eigenvalue weighted by Crippen LogP contribution is 2.47. The van der Waals surface area contributed by atoms with Gasteiger partial charge in [0.15, 0.2) is 23.2 Å². The molecule has 0 bridgehead atoms. The predicted molar refractivity (Wildman–Crippen MR) is 69.9 cm³/mol. The van der Waals surface area contributed by atoms with E-state index in [-0.39, 0.29) is 23.8 Å². The molecule has 0 saturated heterocycles. The maximum atomic E-state index is 12.3. The van der Waals surface area contributed by atoms with E-state index in [4.69, 9.17) is 14.2 Å². The summed E-state index contributed by atoms with van der Waals surface area (Å²) in [6.45, 7) is 2.52. The minimum atomic E-state index is -0.316. The van der Waals surface area contributed by atoms with Gasteiger partial charge < -0.3 is 18.8 Å². The average Bonchev–Trinajstić information content (AvgIpc) is 2.92. The van der Waals surface area contributed by atoms with Gasteiger partial charge in [-0.3, -0.25) is 9.59 Å². The van der Waals surface area contributed by atoms with E-state index in [1.807, 2.05) is 11.5 Å². The highest BCUT2D eigenvalue weighted by molar-refractivity contribution is 5.94. The summed E-state index contributed by atoms with van der Waals surface area (Å²) in [6.07, 6.45) is 2.16. The van der Waals surface area contributed by atoms with E-state index in [1.165, 1.54) is 0 Å². The number of ether oxygens (including phenoxy) is 3. The number of rotatable bonds is 1. The molecule has 0 radical (unpaired) electrons. The molecule has 1 unspecified atom stereocenters. The topological polar surface area (TPSA) is 66.8 Å². The first-order chi connectivity index (χ1) is 9.70. The smallest absolute Gasteiger partial charge is 0.231 e. The molecule has 2 aliphatic rings. The van der Waals surface area contributed by atoms with Crippen molar-refractivity contribution in [2.45, 2.75) is 13.0 Å². The molecule has 0 amide bonds. The first-order valence-corrected chi connectivity index (χ1v) is 6.30. The first kappa shape index (κ1) is 11.3. The Bertz CT molecular complexity index is 808. The predicted octanol–water partition coefficient (Wildman–Crippen LogP) is 1.50. The van der Waals surface area contributed by atoms with Gasteiger partial charge in [0.25, 0.3) is 0 Å². The van der Waals surface area contributed by atoms with E-state index in [0.29, 0.717) is 41.0 Å². The van der Waals surface area contributed by atoms with Gasteiger partial charge in [-0.2, -0.15) is 0 Å². The monoisotopic (exact) mass is 273 g/mol. The number of hydrogen-bond donors (Lipinski definition) is 0. The van der Waals surface area contributed by atoms with Crippen LogP contribution in [0.5, 0.6) is 17.2 Å². The van der Waals surface area contributed by atoms with Gasteiger partial charge in [-0.15, -0.1) is 0 Å². The van der Waals surface area contributed by atoms with E-state index >= 15 is 0 Å². The Morgan fingerprint density at radius 1 is 1.30 bits per heavy atom. The zero-order valence-electron chi connectivity index (χ0n) is 10.7. The fraction of sp³-hybridized carbons (Fsp3) is 0.286. The summed E-state index contributed by atoms with van der Waals surface area (Å²) in [5.41, 5.74) is 0.475. The van der Waals surface area contributed by atoms with E-state index in [1.54, 1.807) is 12.3 Å². The summed E-state index contributed by atoms with van der Waals surface area (Å²) < 4.78 is 18.4. The third-order valence-corrected chi connectivity index (χ3v) is 3.71. The van der Waals surface area contributed by atoms with Crippen LogP contribution in [0.2, 0.25) is 0 Å². The van der Waals surface area contributed by atoms with Crippen molar-refractivity contribution < 1.29 is 19.0 Å². The van der Waals surface area contributed by atoms with E-state index in [0.717, 1.165) is 0 Å². The fourth-order valence-electron chi connectivity index (χ4n) is 2.71. The number of pyridine rings is 1. The van der Waals surface area contributed by atoms with Gasteiger partial charge in [-0.1, -0.05) is 0 Å². The molecule has 2 aromatic rings. The number of benzene rings is 1. The normalized spacial score (nSPS) is 18.9. The standard InChI is InChI=1S/C14H11NO5/c1-7-5-18-14-11-9(2-10-13(14)20-6-19-10)12(17)8(4-16)3-15(7)11/h2-4,7H,5-6H2,1H3. The summed E-state index contributed by atoms with van der Waals surface area (Å²) in [5, 5.41) is 0.417. The molecular weight excluding hydrogens is 262 g/mol. The Hall–Kier alpha value is -2.50. The SMILES string of the molecule is CC1COc2c3c(cc4c(=O)c(C=O)cn1c24)OCO3. The van der Waals surface area contributed by atoms with E-state index < -0.39 is 0 Å². The quantitative estimate of drug-likeness (QED) is 0.736. The Morgan fingerprint density at radius 3 is 2.95 bits per heavy atom. The van der Waals surface area contributed by atoms with Gasteiger partial charge in [0.05, 0.1) is 22.5 Å². The summed E-state index contributed by atoms with van der Waals surface area (Å²) in [7, 11) is 0. The summed E-state index contributed by atoms with van der Waals surface area (Å²) >= 11 is 0. The molecule has 4 rings (SSSR count). The summed E-state index contributed by atoms with van der Waals surface area (Å²) in [5.74, 6) is 1.52. The van der Waals surface area contributed by atoms with Crippen LogP contribution in [0.3, 0.4) is 0 Å². The van der Waals surface area contributed by atoms with Gasteiger partial charge in [-0.25, -0.2) is 0 Å². The third kappa shape index (κ3) is 1.28. The second-order valence-electron chi connectivity index (χ2n) is 4.93. The molecule has 6 nitrogen and oxygen atoms in total. The average molecular weight is 273 g/mol. The van der Waals surface area contributed by atoms with Gasteiger partial charge in [0.1, 0.15) is 6.61 Å². The Kier molecular flexibility index (Phi) is 2.13. The molecule has 1 atom stereocenters. The highest BCUT2D eigenvalue weighted by Gasteiger charge is 2.30. The minimum absolute atomic E-state index is 0.0321. The second kappa shape index (κ2) is 3.75. The molecule has 102 valence electrons. The van der Waals surface area contributed by atoms with Crippen LogP contribution in [0, 0.1) is 0 Å². The molecule has 20 heavy (non-hydrogen) atoms. The van der Waals surface area contributed by atoms with Crippen molar-refractivity contribution in [3.8, 4) is 17.2 Å². The Balaban J connectivity index is 2.23. The van der Waals surface area contributed by atoms with Crippen molar-refractivity contribution in [1.82, 2.24) is 4.57 Å². The van der Waals surface area contributed by atoms with Crippen LogP contribution in [0.15, 0.2) is 17.1 Å². The summed E-state index contributed by atoms with van der Waals surface area (Å²) in [4.78, 5) is 23.4. The van der Waals surface area contributed by atoms with Crippen molar-refractivity contribution in [3.05, 3.63) is 28.0 Å². The van der Waals surface area contributed by atoms with Crippen molar-refractivity contribution in [2.24, 2.45) is 0 Å². The lowest BCUT2D eigenvalue weighted by molar-refractivity contribution is 0.112. The van der Waals surface area contributed by atoms with Crippen LogP contribution < -0.4 is 19.6 Å². The molecule has 6 heteroatoms. The molecule has 0 aliphatic carbocycles. The zero-order valence-corrected chi connectivity index (χ0v) is 10.7. The Labute approximate surface area is 113 Å². The third-order valence-electron chi connectivity index (χ3n) is 3.71. The van der Waals surface area contributed by atoms with Crippen molar-refractivity contribution in [2.75, 3.05) is 13.4 Å². The number of aldehydes is 1. The van der Waals surface area contributed by atoms with E-state index in [2.05, 4.69) is 0 Å². The molecule has 0 spiro atoms. The molecule has 1 aromatic heterocycles. The number of fused-ring (bicyclic) bond motifs is 2. The van der Waals surface area contributed by atoms with Crippen LogP contribution >= 0.6 is 0 Å². The number of aromatic nitrogens is 1. The lowest BCUT2D eigenvalue weighted by Crippen LogP contribution is -2.24. The van der Waals surface area contributed by atoms with Gasteiger partial charge in [0, 0.05) is 6.20 Å². The zero-order chi connectivity index (χ0) is 13.9. The van der Waals surface area contributed by atoms with Crippen LogP contribution in [0.25, 0.3) is 10.9 Å². The van der Waals surface area contributed by atoms with Crippen molar-refractivity contribution in [3.63, 3.8) is 0 Å². The lowest BCUT2D eigenvalue weighted by atomic mass is 10.1. The maximum Gasteiger partial charge on any atom is 0.231 e. The largest absolute Gasteiger partial charge is 0.485 e. The summed E-state index contributed by atoms with van der Waals surface area (Å²) in [6, 6.07) is 1.65. The lowest BCUT2D eigenvalue weighted by Gasteiger charge is -2.27. The number of hydrogen-bond acceptors (Lipinski definition) is 5. The van der Waals surface area contributed by atoms with Gasteiger partial charge >= 0.3 is 0 Å². The molecule has 0 N–H and O–H groups in total. The van der Waals surface area contributed by atoms with Crippen LogP contribution in [0.1, 0.15) is 23.3 Å². The second-order valence-corrected chi connectivity index (χ2v) is 4.93. The van der Waals surface area contributed by atoms with Gasteiger partial charge in [-0.05, 0) is 13.0 Å².